The summed E-state index contributed by atoms with van der Waals surface area (Å²) < 4.78 is 16.4. The fourth-order valence-corrected chi connectivity index (χ4v) is 3.21. The van der Waals surface area contributed by atoms with E-state index in [2.05, 4.69) is 5.32 Å². The molecule has 1 aromatic heterocycles. The van der Waals surface area contributed by atoms with Crippen molar-refractivity contribution in [3.63, 3.8) is 0 Å². The monoisotopic (exact) mass is 316 g/mol. The van der Waals surface area contributed by atoms with Gasteiger partial charge in [-0.05, 0) is 30.9 Å². The number of methoxy groups -OCH3 is 2. The van der Waals surface area contributed by atoms with Crippen LogP contribution in [0.4, 0.5) is 5.69 Å². The van der Waals surface area contributed by atoms with Gasteiger partial charge in [-0.2, -0.15) is 0 Å². The zero-order valence-corrected chi connectivity index (χ0v) is 14.1. The van der Waals surface area contributed by atoms with E-state index in [-0.39, 0.29) is 0 Å². The molecule has 5 nitrogen and oxygen atoms in total. The van der Waals surface area contributed by atoms with Crippen LogP contribution in [-0.2, 0) is 17.6 Å². The molecule has 0 unspecified atom stereocenters. The van der Waals surface area contributed by atoms with Gasteiger partial charge in [0.05, 0.1) is 19.2 Å². The molecule has 2 aromatic rings. The molecule has 0 amide bonds. The van der Waals surface area contributed by atoms with E-state index < -0.39 is 0 Å². The molecule has 1 heterocycles. The van der Waals surface area contributed by atoms with Gasteiger partial charge in [0.1, 0.15) is 0 Å². The Labute approximate surface area is 137 Å². The fourth-order valence-electron chi connectivity index (χ4n) is 3.21. The molecule has 0 radical (unpaired) electrons. The van der Waals surface area contributed by atoms with Gasteiger partial charge in [0.25, 0.3) is 0 Å². The molecule has 0 atom stereocenters. The molecule has 124 valence electrons. The minimum atomic E-state index is 0.597. The van der Waals surface area contributed by atoms with Crippen molar-refractivity contribution in [2.24, 2.45) is 0 Å². The van der Waals surface area contributed by atoms with Crippen LogP contribution in [-0.4, -0.2) is 39.5 Å². The lowest BCUT2D eigenvalue weighted by molar-refractivity contribution is 0.170. The van der Waals surface area contributed by atoms with E-state index in [0.29, 0.717) is 13.2 Å². The highest BCUT2D eigenvalue weighted by molar-refractivity contribution is 5.95. The maximum Gasteiger partial charge on any atom is 0.163 e. The standard InChI is InChI=1S/C18H24N2O3/c1-19-18-12-6-4-7-14(12)20-15-11-17(23-9-5-8-21-2)16(22-3)10-13(15)18/h10-11H,4-9H2,1-3H3,(H,19,20). The third-order valence-corrected chi connectivity index (χ3v) is 4.30. The van der Waals surface area contributed by atoms with Crippen LogP contribution in [0.1, 0.15) is 24.1 Å². The Morgan fingerprint density at radius 1 is 1.13 bits per heavy atom. The van der Waals surface area contributed by atoms with Crippen LogP contribution in [0.25, 0.3) is 10.9 Å². The SMILES string of the molecule is CNc1c2c(nc3cc(OCCCOC)c(OC)cc13)CCC2. The largest absolute Gasteiger partial charge is 0.493 e. The van der Waals surface area contributed by atoms with Crippen LogP contribution >= 0.6 is 0 Å². The first kappa shape index (κ1) is 15.9. The van der Waals surface area contributed by atoms with Crippen LogP contribution in [0.3, 0.4) is 0 Å². The Kier molecular flexibility index (Phi) is 4.86. The molecule has 3 rings (SSSR count). The lowest BCUT2D eigenvalue weighted by atomic mass is 10.1. The molecule has 1 aromatic carbocycles. The number of nitrogens with zero attached hydrogens (tertiary/aromatic N) is 1. The van der Waals surface area contributed by atoms with E-state index in [0.717, 1.165) is 41.7 Å². The number of anilines is 1. The Bertz CT molecular complexity index is 700. The van der Waals surface area contributed by atoms with E-state index in [1.54, 1.807) is 14.2 Å². The molecule has 1 N–H and O–H groups in total. The molecule has 23 heavy (non-hydrogen) atoms. The highest BCUT2D eigenvalue weighted by Gasteiger charge is 2.20. The summed E-state index contributed by atoms with van der Waals surface area (Å²) in [4.78, 5) is 4.84. The zero-order chi connectivity index (χ0) is 16.2. The van der Waals surface area contributed by atoms with Gasteiger partial charge in [-0.15, -0.1) is 0 Å². The third kappa shape index (κ3) is 3.06. The predicted molar refractivity (Wildman–Crippen MR) is 91.9 cm³/mol. The highest BCUT2D eigenvalue weighted by Crippen LogP contribution is 2.39. The average Bonchev–Trinajstić information content (AvgIpc) is 3.03. The van der Waals surface area contributed by atoms with Crippen LogP contribution in [0.15, 0.2) is 12.1 Å². The van der Waals surface area contributed by atoms with E-state index in [1.165, 1.54) is 23.4 Å². The van der Waals surface area contributed by atoms with Crippen molar-refractivity contribution in [2.45, 2.75) is 25.7 Å². The lowest BCUT2D eigenvalue weighted by Gasteiger charge is -2.16. The maximum absolute atomic E-state index is 5.87. The molecule has 0 bridgehead atoms. The Hall–Kier alpha value is -2.01. The summed E-state index contributed by atoms with van der Waals surface area (Å²) >= 11 is 0. The van der Waals surface area contributed by atoms with Gasteiger partial charge in [0, 0.05) is 50.0 Å². The summed E-state index contributed by atoms with van der Waals surface area (Å²) in [5.41, 5.74) is 4.68. The second kappa shape index (κ2) is 7.04. The smallest absolute Gasteiger partial charge is 0.163 e. The van der Waals surface area contributed by atoms with Crippen molar-refractivity contribution < 1.29 is 14.2 Å². The van der Waals surface area contributed by atoms with Crippen LogP contribution < -0.4 is 14.8 Å². The zero-order valence-electron chi connectivity index (χ0n) is 14.1. The second-order valence-corrected chi connectivity index (χ2v) is 5.73. The first-order chi connectivity index (χ1) is 11.3. The number of fused-ring (bicyclic) bond motifs is 2. The summed E-state index contributed by atoms with van der Waals surface area (Å²) in [6.45, 7) is 1.28. The summed E-state index contributed by atoms with van der Waals surface area (Å²) in [7, 11) is 5.33. The maximum atomic E-state index is 5.87. The van der Waals surface area contributed by atoms with Gasteiger partial charge in [-0.25, -0.2) is 0 Å². The van der Waals surface area contributed by atoms with Gasteiger partial charge in [-0.3, -0.25) is 4.98 Å². The normalized spacial score (nSPS) is 13.2. The van der Waals surface area contributed by atoms with Crippen molar-refractivity contribution in [3.8, 4) is 11.5 Å². The van der Waals surface area contributed by atoms with Crippen LogP contribution in [0, 0.1) is 0 Å². The Morgan fingerprint density at radius 2 is 2.00 bits per heavy atom. The Balaban J connectivity index is 2.01. The first-order valence-corrected chi connectivity index (χ1v) is 8.11. The molecular formula is C18H24N2O3. The van der Waals surface area contributed by atoms with E-state index in [1.807, 2.05) is 19.2 Å². The van der Waals surface area contributed by atoms with E-state index in [9.17, 15) is 0 Å². The Morgan fingerprint density at radius 3 is 2.74 bits per heavy atom. The summed E-state index contributed by atoms with van der Waals surface area (Å²) in [5.74, 6) is 1.48. The van der Waals surface area contributed by atoms with Gasteiger partial charge in [0.2, 0.25) is 0 Å². The number of rotatable bonds is 7. The average molecular weight is 316 g/mol. The minimum absolute atomic E-state index is 0.597. The number of nitrogens with one attached hydrogen (secondary N) is 1. The van der Waals surface area contributed by atoms with Gasteiger partial charge in [-0.1, -0.05) is 0 Å². The fraction of sp³-hybridized carbons (Fsp3) is 0.500. The summed E-state index contributed by atoms with van der Waals surface area (Å²) in [6.07, 6.45) is 4.16. The second-order valence-electron chi connectivity index (χ2n) is 5.73. The number of ether oxygens (including phenoxy) is 3. The van der Waals surface area contributed by atoms with E-state index in [4.69, 9.17) is 19.2 Å². The van der Waals surface area contributed by atoms with E-state index >= 15 is 0 Å². The molecular weight excluding hydrogens is 292 g/mol. The van der Waals surface area contributed by atoms with Gasteiger partial charge in [0.15, 0.2) is 11.5 Å². The van der Waals surface area contributed by atoms with Crippen LogP contribution in [0.2, 0.25) is 0 Å². The summed E-state index contributed by atoms with van der Waals surface area (Å²) in [6, 6.07) is 4.01. The van der Waals surface area contributed by atoms with Crippen molar-refractivity contribution in [1.82, 2.24) is 4.98 Å². The van der Waals surface area contributed by atoms with Crippen molar-refractivity contribution in [2.75, 3.05) is 39.8 Å². The first-order valence-electron chi connectivity index (χ1n) is 8.11. The number of aryl methyl sites for hydroxylation is 1. The van der Waals surface area contributed by atoms with Gasteiger partial charge >= 0.3 is 0 Å². The van der Waals surface area contributed by atoms with Crippen molar-refractivity contribution in [1.29, 1.82) is 0 Å². The minimum Gasteiger partial charge on any atom is -0.493 e. The molecule has 0 fully saturated rings. The molecule has 0 aliphatic heterocycles. The van der Waals surface area contributed by atoms with Gasteiger partial charge < -0.3 is 19.5 Å². The van der Waals surface area contributed by atoms with Crippen molar-refractivity contribution in [3.05, 3.63) is 23.4 Å². The number of pyridine rings is 1. The molecule has 0 saturated carbocycles. The topological polar surface area (TPSA) is 52.6 Å². The predicted octanol–water partition coefficient (Wildman–Crippen LogP) is 3.19. The lowest BCUT2D eigenvalue weighted by Crippen LogP contribution is -2.04. The highest BCUT2D eigenvalue weighted by atomic mass is 16.5. The number of aromatic nitrogens is 1. The quantitative estimate of drug-likeness (QED) is 0.795. The van der Waals surface area contributed by atoms with Crippen molar-refractivity contribution >= 4 is 16.6 Å². The number of hydrogen-bond donors (Lipinski definition) is 1. The molecule has 0 saturated heterocycles. The number of benzene rings is 1. The van der Waals surface area contributed by atoms with Crippen LogP contribution in [0.5, 0.6) is 11.5 Å². The molecule has 1 aliphatic rings. The molecule has 5 heteroatoms. The molecule has 1 aliphatic carbocycles. The third-order valence-electron chi connectivity index (χ3n) is 4.30. The summed E-state index contributed by atoms with van der Waals surface area (Å²) in [5, 5.41) is 4.44. The number of hydrogen-bond acceptors (Lipinski definition) is 5. The molecule has 0 spiro atoms.